The highest BCUT2D eigenvalue weighted by atomic mass is 16.5. The number of nitrogens with one attached hydrogen (secondary N) is 1. The molecule has 0 fully saturated rings. The molecule has 2 rings (SSSR count). The van der Waals surface area contributed by atoms with Crippen LogP contribution in [0.2, 0.25) is 0 Å². The Kier molecular flexibility index (Phi) is 6.67. The summed E-state index contributed by atoms with van der Waals surface area (Å²) in [6.07, 6.45) is 0.411. The number of ether oxygens (including phenoxy) is 2. The minimum atomic E-state index is -0.0408. The van der Waals surface area contributed by atoms with Crippen molar-refractivity contribution in [1.82, 2.24) is 0 Å². The molecule has 0 bridgehead atoms. The highest BCUT2D eigenvalue weighted by Crippen LogP contribution is 2.30. The van der Waals surface area contributed by atoms with E-state index in [0.717, 1.165) is 5.56 Å². The molecule has 0 saturated carbocycles. The lowest BCUT2D eigenvalue weighted by Gasteiger charge is -2.15. The molecule has 0 spiro atoms. The normalized spacial score (nSPS) is 11.6. The SMILES string of the molecule is CCOc1ccc(OCC)c(NC(=O)C[C@@H](C)c2ccccc2)c1. The Balaban J connectivity index is 2.07. The molecule has 0 aliphatic rings. The van der Waals surface area contributed by atoms with Crippen LogP contribution in [0.3, 0.4) is 0 Å². The zero-order chi connectivity index (χ0) is 17.4. The van der Waals surface area contributed by atoms with E-state index in [0.29, 0.717) is 36.8 Å². The number of rotatable bonds is 8. The summed E-state index contributed by atoms with van der Waals surface area (Å²) < 4.78 is 11.1. The first-order valence-electron chi connectivity index (χ1n) is 8.38. The van der Waals surface area contributed by atoms with Gasteiger partial charge in [0.1, 0.15) is 11.5 Å². The van der Waals surface area contributed by atoms with Crippen molar-refractivity contribution >= 4 is 11.6 Å². The second-order valence-corrected chi connectivity index (χ2v) is 5.59. The van der Waals surface area contributed by atoms with Gasteiger partial charge in [-0.25, -0.2) is 0 Å². The van der Waals surface area contributed by atoms with Crippen LogP contribution in [-0.4, -0.2) is 19.1 Å². The second kappa shape index (κ2) is 8.96. The van der Waals surface area contributed by atoms with Gasteiger partial charge in [-0.2, -0.15) is 0 Å². The van der Waals surface area contributed by atoms with Gasteiger partial charge in [0.25, 0.3) is 0 Å². The molecular weight excluding hydrogens is 302 g/mol. The predicted octanol–water partition coefficient (Wildman–Crippen LogP) is 4.62. The van der Waals surface area contributed by atoms with E-state index >= 15 is 0 Å². The van der Waals surface area contributed by atoms with Gasteiger partial charge in [-0.3, -0.25) is 4.79 Å². The maximum absolute atomic E-state index is 12.4. The van der Waals surface area contributed by atoms with Crippen LogP contribution in [0.1, 0.15) is 38.7 Å². The molecule has 2 aromatic rings. The van der Waals surface area contributed by atoms with Gasteiger partial charge in [0.15, 0.2) is 0 Å². The molecule has 24 heavy (non-hydrogen) atoms. The summed E-state index contributed by atoms with van der Waals surface area (Å²) in [4.78, 5) is 12.4. The van der Waals surface area contributed by atoms with Gasteiger partial charge >= 0.3 is 0 Å². The van der Waals surface area contributed by atoms with Gasteiger partial charge in [-0.05, 0) is 37.5 Å². The van der Waals surface area contributed by atoms with Crippen molar-refractivity contribution in [3.05, 3.63) is 54.1 Å². The van der Waals surface area contributed by atoms with E-state index in [1.807, 2.05) is 56.3 Å². The van der Waals surface area contributed by atoms with E-state index in [9.17, 15) is 4.79 Å². The fourth-order valence-electron chi connectivity index (χ4n) is 2.52. The van der Waals surface area contributed by atoms with Gasteiger partial charge in [-0.1, -0.05) is 37.3 Å². The van der Waals surface area contributed by atoms with E-state index in [1.165, 1.54) is 0 Å². The van der Waals surface area contributed by atoms with Gasteiger partial charge in [0.05, 0.1) is 18.9 Å². The van der Waals surface area contributed by atoms with E-state index in [4.69, 9.17) is 9.47 Å². The Morgan fingerprint density at radius 2 is 1.75 bits per heavy atom. The molecule has 0 radical (unpaired) electrons. The van der Waals surface area contributed by atoms with E-state index < -0.39 is 0 Å². The quantitative estimate of drug-likeness (QED) is 0.770. The zero-order valence-corrected chi connectivity index (χ0v) is 14.5. The first-order chi connectivity index (χ1) is 11.6. The molecule has 4 nitrogen and oxygen atoms in total. The van der Waals surface area contributed by atoms with Crippen molar-refractivity contribution in [2.45, 2.75) is 33.1 Å². The topological polar surface area (TPSA) is 47.6 Å². The smallest absolute Gasteiger partial charge is 0.225 e. The van der Waals surface area contributed by atoms with Gasteiger partial charge < -0.3 is 14.8 Å². The monoisotopic (exact) mass is 327 g/mol. The van der Waals surface area contributed by atoms with Crippen molar-refractivity contribution in [3.8, 4) is 11.5 Å². The molecule has 2 aromatic carbocycles. The minimum Gasteiger partial charge on any atom is -0.494 e. The Morgan fingerprint density at radius 1 is 1.04 bits per heavy atom. The molecule has 4 heteroatoms. The summed E-state index contributed by atoms with van der Waals surface area (Å²) >= 11 is 0. The molecule has 1 amide bonds. The molecule has 0 aliphatic heterocycles. The van der Waals surface area contributed by atoms with Crippen molar-refractivity contribution < 1.29 is 14.3 Å². The molecule has 1 atom stereocenters. The molecule has 0 unspecified atom stereocenters. The van der Waals surface area contributed by atoms with Crippen LogP contribution < -0.4 is 14.8 Å². The summed E-state index contributed by atoms with van der Waals surface area (Å²) in [5, 5.41) is 2.95. The molecule has 0 saturated heterocycles. The Hall–Kier alpha value is -2.49. The number of hydrogen-bond acceptors (Lipinski definition) is 3. The lowest BCUT2D eigenvalue weighted by Crippen LogP contribution is -2.15. The van der Waals surface area contributed by atoms with Gasteiger partial charge in [0, 0.05) is 12.5 Å². The molecule has 1 N–H and O–H groups in total. The number of carbonyl (C=O) groups is 1. The third-order valence-electron chi connectivity index (χ3n) is 3.70. The lowest BCUT2D eigenvalue weighted by molar-refractivity contribution is -0.116. The maximum atomic E-state index is 12.4. The fourth-order valence-corrected chi connectivity index (χ4v) is 2.52. The molecule has 0 aromatic heterocycles. The summed E-state index contributed by atoms with van der Waals surface area (Å²) in [5.41, 5.74) is 1.80. The van der Waals surface area contributed by atoms with Gasteiger partial charge in [-0.15, -0.1) is 0 Å². The second-order valence-electron chi connectivity index (χ2n) is 5.59. The first-order valence-corrected chi connectivity index (χ1v) is 8.38. The largest absolute Gasteiger partial charge is 0.494 e. The van der Waals surface area contributed by atoms with Gasteiger partial charge in [0.2, 0.25) is 5.91 Å². The third kappa shape index (κ3) is 5.01. The Bertz CT molecular complexity index is 655. The standard InChI is InChI=1S/C20H25NO3/c1-4-23-17-11-12-19(24-5-2)18(14-17)21-20(22)13-15(3)16-9-7-6-8-10-16/h6-12,14-15H,4-5,13H2,1-3H3,(H,21,22)/t15-/m1/s1. The van der Waals surface area contributed by atoms with Crippen LogP contribution in [0, 0.1) is 0 Å². The first kappa shape index (κ1) is 17.9. The van der Waals surface area contributed by atoms with Crippen LogP contribution in [0.25, 0.3) is 0 Å². The van der Waals surface area contributed by atoms with Crippen molar-refractivity contribution in [3.63, 3.8) is 0 Å². The number of hydrogen-bond donors (Lipinski definition) is 1. The number of carbonyl (C=O) groups excluding carboxylic acids is 1. The molecular formula is C20H25NO3. The van der Waals surface area contributed by atoms with Crippen molar-refractivity contribution in [2.75, 3.05) is 18.5 Å². The Morgan fingerprint density at radius 3 is 2.42 bits per heavy atom. The highest BCUT2D eigenvalue weighted by Gasteiger charge is 2.14. The number of amides is 1. The number of benzene rings is 2. The van der Waals surface area contributed by atoms with Crippen molar-refractivity contribution in [2.24, 2.45) is 0 Å². The summed E-state index contributed by atoms with van der Waals surface area (Å²) in [6.45, 7) is 7.01. The maximum Gasteiger partial charge on any atom is 0.225 e. The average molecular weight is 327 g/mol. The summed E-state index contributed by atoms with van der Waals surface area (Å²) in [7, 11) is 0. The van der Waals surface area contributed by atoms with Crippen LogP contribution in [0.4, 0.5) is 5.69 Å². The van der Waals surface area contributed by atoms with Crippen LogP contribution >= 0.6 is 0 Å². The molecule has 0 heterocycles. The number of anilines is 1. The van der Waals surface area contributed by atoms with Crippen molar-refractivity contribution in [1.29, 1.82) is 0 Å². The average Bonchev–Trinajstić information content (AvgIpc) is 2.58. The zero-order valence-electron chi connectivity index (χ0n) is 14.5. The summed E-state index contributed by atoms with van der Waals surface area (Å²) in [5.74, 6) is 1.48. The predicted molar refractivity (Wildman–Crippen MR) is 96.9 cm³/mol. The highest BCUT2D eigenvalue weighted by molar-refractivity contribution is 5.93. The fraction of sp³-hybridized carbons (Fsp3) is 0.350. The van der Waals surface area contributed by atoms with Crippen LogP contribution in [0.5, 0.6) is 11.5 Å². The lowest BCUT2D eigenvalue weighted by atomic mass is 9.97. The summed E-state index contributed by atoms with van der Waals surface area (Å²) in [6, 6.07) is 15.5. The van der Waals surface area contributed by atoms with Crippen LogP contribution in [-0.2, 0) is 4.79 Å². The van der Waals surface area contributed by atoms with Crippen LogP contribution in [0.15, 0.2) is 48.5 Å². The Labute approximate surface area is 143 Å². The third-order valence-corrected chi connectivity index (χ3v) is 3.70. The van der Waals surface area contributed by atoms with E-state index in [-0.39, 0.29) is 11.8 Å². The van der Waals surface area contributed by atoms with E-state index in [1.54, 1.807) is 6.07 Å². The minimum absolute atomic E-state index is 0.0408. The molecule has 0 aliphatic carbocycles. The van der Waals surface area contributed by atoms with E-state index in [2.05, 4.69) is 12.2 Å². The molecule has 128 valence electrons.